The minimum absolute atomic E-state index is 0.144. The molecule has 0 aliphatic carbocycles. The number of hydrogen-bond donors (Lipinski definition) is 1. The fourth-order valence-electron chi connectivity index (χ4n) is 3.63. The van der Waals surface area contributed by atoms with Gasteiger partial charge in [0.15, 0.2) is 0 Å². The number of hydrogen-bond acceptors (Lipinski definition) is 4. The van der Waals surface area contributed by atoms with Gasteiger partial charge in [0.1, 0.15) is 18.2 Å². The van der Waals surface area contributed by atoms with Crippen LogP contribution in [0, 0.1) is 0 Å². The monoisotopic (exact) mass is 391 g/mol. The van der Waals surface area contributed by atoms with Gasteiger partial charge in [0.2, 0.25) is 5.91 Å². The molecule has 1 aliphatic rings. The predicted molar refractivity (Wildman–Crippen MR) is 109 cm³/mol. The second-order valence-electron chi connectivity index (χ2n) is 7.12. The summed E-state index contributed by atoms with van der Waals surface area (Å²) >= 11 is 0. The molecule has 2 heterocycles. The van der Waals surface area contributed by atoms with Crippen LogP contribution in [0.4, 0.5) is 5.82 Å². The van der Waals surface area contributed by atoms with E-state index in [0.29, 0.717) is 17.9 Å². The van der Waals surface area contributed by atoms with Crippen LogP contribution in [0.1, 0.15) is 29.0 Å². The van der Waals surface area contributed by atoms with Gasteiger partial charge >= 0.3 is 5.69 Å². The number of aromatic nitrogens is 2. The summed E-state index contributed by atoms with van der Waals surface area (Å²) in [5, 5.41) is 2.67. The second-order valence-corrected chi connectivity index (χ2v) is 7.12. The van der Waals surface area contributed by atoms with Gasteiger partial charge in [-0.05, 0) is 23.3 Å². The summed E-state index contributed by atoms with van der Waals surface area (Å²) in [6.07, 6.45) is 0.144. The van der Waals surface area contributed by atoms with Crippen molar-refractivity contribution in [1.82, 2.24) is 9.13 Å². The Bertz CT molecular complexity index is 1180. The van der Waals surface area contributed by atoms with Crippen LogP contribution in [0.25, 0.3) is 0 Å². The average molecular weight is 391 g/mol. The molecule has 1 amide bonds. The molecule has 0 unspecified atom stereocenters. The molecule has 0 radical (unpaired) electrons. The van der Waals surface area contributed by atoms with Crippen molar-refractivity contribution in [3.05, 3.63) is 92.1 Å². The van der Waals surface area contributed by atoms with Gasteiger partial charge in [-0.1, -0.05) is 42.5 Å². The van der Waals surface area contributed by atoms with Gasteiger partial charge < -0.3 is 10.1 Å². The Kier molecular flexibility index (Phi) is 4.80. The molecule has 1 aromatic heterocycles. The third-order valence-corrected chi connectivity index (χ3v) is 5.23. The smallest absolute Gasteiger partial charge is 0.332 e. The number of fused-ring (bicyclic) bond motifs is 1. The first-order chi connectivity index (χ1) is 14.0. The van der Waals surface area contributed by atoms with Gasteiger partial charge in [-0.2, -0.15) is 0 Å². The molecule has 2 aromatic carbocycles. The van der Waals surface area contributed by atoms with Gasteiger partial charge in [0, 0.05) is 26.4 Å². The molecule has 0 spiro atoms. The molecule has 1 N–H and O–H groups in total. The van der Waals surface area contributed by atoms with Gasteiger partial charge in [-0.3, -0.25) is 18.7 Å². The molecule has 4 rings (SSSR count). The lowest BCUT2D eigenvalue weighted by Gasteiger charge is -2.27. The molecule has 0 fully saturated rings. The molecule has 3 aromatic rings. The van der Waals surface area contributed by atoms with E-state index in [2.05, 4.69) is 5.32 Å². The SMILES string of the molecule is Cn1c2c(c(=O)n(C)c1=O)[C@H](c1ccc(OCc3ccccc3)cc1)CC(=O)N2. The standard InChI is InChI=1S/C22H21N3O4/c1-24-20-19(21(27)25(2)22(24)28)17(12-18(26)23-20)15-8-10-16(11-9-15)29-13-14-6-4-3-5-7-14/h3-11,17H,12-13H2,1-2H3,(H,23,26)/t17-/m0/s1. The van der Waals surface area contributed by atoms with Crippen LogP contribution in [0.3, 0.4) is 0 Å². The number of nitrogens with one attached hydrogen (secondary N) is 1. The zero-order valence-corrected chi connectivity index (χ0v) is 16.2. The van der Waals surface area contributed by atoms with E-state index in [4.69, 9.17) is 4.74 Å². The predicted octanol–water partition coefficient (Wildman–Crippen LogP) is 2.14. The summed E-state index contributed by atoms with van der Waals surface area (Å²) in [5.74, 6) is 0.317. The summed E-state index contributed by atoms with van der Waals surface area (Å²) in [4.78, 5) is 37.2. The molecular formula is C22H21N3O4. The number of ether oxygens (including phenoxy) is 1. The van der Waals surface area contributed by atoms with Crippen molar-refractivity contribution >= 4 is 11.7 Å². The van der Waals surface area contributed by atoms with Gasteiger partial charge in [0.25, 0.3) is 5.56 Å². The fourth-order valence-corrected chi connectivity index (χ4v) is 3.63. The largest absolute Gasteiger partial charge is 0.489 e. The molecular weight excluding hydrogens is 370 g/mol. The first kappa shape index (κ1) is 18.7. The Hall–Kier alpha value is -3.61. The van der Waals surface area contributed by atoms with Crippen molar-refractivity contribution in [1.29, 1.82) is 0 Å². The summed E-state index contributed by atoms with van der Waals surface area (Å²) in [7, 11) is 2.99. The molecule has 0 saturated carbocycles. The molecule has 0 saturated heterocycles. The lowest BCUT2D eigenvalue weighted by atomic mass is 9.86. The Morgan fingerprint density at radius 3 is 2.34 bits per heavy atom. The van der Waals surface area contributed by atoms with E-state index >= 15 is 0 Å². The molecule has 7 nitrogen and oxygen atoms in total. The zero-order valence-electron chi connectivity index (χ0n) is 16.2. The maximum absolute atomic E-state index is 12.8. The van der Waals surface area contributed by atoms with Gasteiger partial charge in [-0.15, -0.1) is 0 Å². The van der Waals surface area contributed by atoms with Crippen molar-refractivity contribution in [2.45, 2.75) is 18.9 Å². The lowest BCUT2D eigenvalue weighted by Crippen LogP contribution is -2.44. The highest BCUT2D eigenvalue weighted by Gasteiger charge is 2.32. The lowest BCUT2D eigenvalue weighted by molar-refractivity contribution is -0.116. The van der Waals surface area contributed by atoms with Crippen LogP contribution >= 0.6 is 0 Å². The van der Waals surface area contributed by atoms with Crippen molar-refractivity contribution in [3.63, 3.8) is 0 Å². The van der Waals surface area contributed by atoms with Crippen LogP contribution < -0.4 is 21.3 Å². The molecule has 29 heavy (non-hydrogen) atoms. The second kappa shape index (κ2) is 7.43. The molecule has 1 atom stereocenters. The van der Waals surface area contributed by atoms with Crippen LogP contribution in [-0.4, -0.2) is 15.0 Å². The maximum atomic E-state index is 12.8. The Morgan fingerprint density at radius 2 is 1.66 bits per heavy atom. The number of carbonyl (C=O) groups is 1. The van der Waals surface area contributed by atoms with Crippen LogP contribution in [0.5, 0.6) is 5.75 Å². The average Bonchev–Trinajstić information content (AvgIpc) is 2.75. The summed E-state index contributed by atoms with van der Waals surface area (Å²) in [5.41, 5.74) is 1.45. The van der Waals surface area contributed by atoms with Gasteiger partial charge in [-0.25, -0.2) is 4.79 Å². The number of carbonyl (C=O) groups excluding carboxylic acids is 1. The summed E-state index contributed by atoms with van der Waals surface area (Å²) in [6, 6.07) is 17.2. The van der Waals surface area contributed by atoms with E-state index in [1.807, 2.05) is 54.6 Å². The van der Waals surface area contributed by atoms with E-state index in [1.54, 1.807) is 7.05 Å². The molecule has 0 bridgehead atoms. The number of benzene rings is 2. The van der Waals surface area contributed by atoms with Gasteiger partial charge in [0.05, 0.1) is 5.56 Å². The highest BCUT2D eigenvalue weighted by molar-refractivity contribution is 5.94. The van der Waals surface area contributed by atoms with Crippen molar-refractivity contribution < 1.29 is 9.53 Å². The number of anilines is 1. The van der Waals surface area contributed by atoms with E-state index in [9.17, 15) is 14.4 Å². The first-order valence-electron chi connectivity index (χ1n) is 9.32. The zero-order chi connectivity index (χ0) is 20.5. The highest BCUT2D eigenvalue weighted by atomic mass is 16.5. The Balaban J connectivity index is 1.65. The van der Waals surface area contributed by atoms with Crippen LogP contribution in [0.15, 0.2) is 64.2 Å². The minimum Gasteiger partial charge on any atom is -0.489 e. The van der Waals surface area contributed by atoms with E-state index in [1.165, 1.54) is 11.6 Å². The van der Waals surface area contributed by atoms with E-state index in [-0.39, 0.29) is 18.1 Å². The quantitative estimate of drug-likeness (QED) is 0.739. The third kappa shape index (κ3) is 3.47. The maximum Gasteiger partial charge on any atom is 0.332 e. The van der Waals surface area contributed by atoms with Crippen molar-refractivity contribution in [3.8, 4) is 5.75 Å². The first-order valence-corrected chi connectivity index (χ1v) is 9.32. The normalized spacial score (nSPS) is 15.5. The highest BCUT2D eigenvalue weighted by Crippen LogP contribution is 2.34. The van der Waals surface area contributed by atoms with E-state index < -0.39 is 17.2 Å². The molecule has 148 valence electrons. The van der Waals surface area contributed by atoms with E-state index in [0.717, 1.165) is 15.7 Å². The fraction of sp³-hybridized carbons (Fsp3) is 0.227. The summed E-state index contributed by atoms with van der Waals surface area (Å²) < 4.78 is 8.19. The summed E-state index contributed by atoms with van der Waals surface area (Å²) in [6.45, 7) is 0.456. The number of amides is 1. The van der Waals surface area contributed by atoms with Crippen molar-refractivity contribution in [2.75, 3.05) is 5.32 Å². The number of nitrogens with zero attached hydrogens (tertiary/aromatic N) is 2. The topological polar surface area (TPSA) is 82.3 Å². The van der Waals surface area contributed by atoms with Crippen molar-refractivity contribution in [2.24, 2.45) is 14.1 Å². The third-order valence-electron chi connectivity index (χ3n) is 5.23. The Labute approximate surface area is 167 Å². The van der Waals surface area contributed by atoms with Crippen LogP contribution in [0.2, 0.25) is 0 Å². The molecule has 7 heteroatoms. The molecule has 1 aliphatic heterocycles. The number of rotatable bonds is 4. The Morgan fingerprint density at radius 1 is 0.966 bits per heavy atom. The van der Waals surface area contributed by atoms with Crippen LogP contribution in [-0.2, 0) is 25.5 Å². The minimum atomic E-state index is -0.473.